The Labute approximate surface area is 72.0 Å². The molecule has 1 heterocycles. The minimum Gasteiger partial charge on any atom is -0.381 e. The van der Waals surface area contributed by atoms with Gasteiger partial charge in [-0.15, -0.1) is 0 Å². The molecule has 0 aromatic heterocycles. The van der Waals surface area contributed by atoms with Crippen LogP contribution in [0.5, 0.6) is 0 Å². The number of carbonyl (C=O) groups excluding carboxylic acids is 1. The van der Waals surface area contributed by atoms with Crippen molar-refractivity contribution in [3.05, 3.63) is 24.6 Å². The summed E-state index contributed by atoms with van der Waals surface area (Å²) in [7, 11) is 0. The second kappa shape index (κ2) is 3.54. The normalized spacial score (nSPS) is 23.5. The highest BCUT2D eigenvalue weighted by atomic mass is 16.3. The average Bonchev–Trinajstić information content (AvgIpc) is 2.16. The van der Waals surface area contributed by atoms with Crippen LogP contribution >= 0.6 is 0 Å². The van der Waals surface area contributed by atoms with Crippen LogP contribution in [-0.2, 0) is 4.79 Å². The van der Waals surface area contributed by atoms with Gasteiger partial charge < -0.3 is 10.0 Å². The number of rotatable bonds is 1. The highest BCUT2D eigenvalue weighted by molar-refractivity contribution is 5.94. The van der Waals surface area contributed by atoms with Crippen molar-refractivity contribution in [1.82, 2.24) is 4.90 Å². The molecule has 0 aliphatic carbocycles. The van der Waals surface area contributed by atoms with E-state index in [9.17, 15) is 4.79 Å². The molecule has 1 aliphatic heterocycles. The lowest BCUT2D eigenvalue weighted by Gasteiger charge is -2.18. The van der Waals surface area contributed by atoms with E-state index in [1.807, 2.05) is 18.7 Å². The van der Waals surface area contributed by atoms with Gasteiger partial charge in [0, 0.05) is 24.5 Å². The van der Waals surface area contributed by atoms with Gasteiger partial charge >= 0.3 is 0 Å². The number of carbonyl (C=O) groups is 1. The van der Waals surface area contributed by atoms with Crippen molar-refractivity contribution in [2.24, 2.45) is 0 Å². The summed E-state index contributed by atoms with van der Waals surface area (Å²) >= 11 is 0. The molecular weight excluding hydrogens is 154 g/mol. The maximum Gasteiger partial charge on any atom is 0.189 e. The van der Waals surface area contributed by atoms with E-state index in [2.05, 4.69) is 0 Å². The summed E-state index contributed by atoms with van der Waals surface area (Å²) in [6, 6.07) is 0.301. The SMILES string of the molecule is CC(C)N1C=CC(=O)C(O)C=C1. The molecule has 0 saturated carbocycles. The molecule has 1 rings (SSSR count). The summed E-state index contributed by atoms with van der Waals surface area (Å²) in [5.74, 6) is -0.269. The Balaban J connectivity index is 2.78. The van der Waals surface area contributed by atoms with Gasteiger partial charge in [0.2, 0.25) is 0 Å². The largest absolute Gasteiger partial charge is 0.381 e. The van der Waals surface area contributed by atoms with Gasteiger partial charge in [-0.1, -0.05) is 0 Å². The van der Waals surface area contributed by atoms with Crippen molar-refractivity contribution in [3.63, 3.8) is 0 Å². The van der Waals surface area contributed by atoms with Crippen LogP contribution < -0.4 is 0 Å². The van der Waals surface area contributed by atoms with E-state index < -0.39 is 6.10 Å². The van der Waals surface area contributed by atoms with Crippen molar-refractivity contribution in [2.75, 3.05) is 0 Å². The Morgan fingerprint density at radius 2 is 2.17 bits per heavy atom. The van der Waals surface area contributed by atoms with Gasteiger partial charge in [-0.2, -0.15) is 0 Å². The molecular formula is C9H13NO2. The van der Waals surface area contributed by atoms with Crippen molar-refractivity contribution >= 4 is 5.78 Å². The molecule has 0 aromatic carbocycles. The third-order valence-electron chi connectivity index (χ3n) is 1.74. The minimum absolute atomic E-state index is 0.269. The van der Waals surface area contributed by atoms with Gasteiger partial charge in [-0.25, -0.2) is 0 Å². The highest BCUT2D eigenvalue weighted by Crippen LogP contribution is 2.06. The molecule has 0 bridgehead atoms. The minimum atomic E-state index is -0.981. The third-order valence-corrected chi connectivity index (χ3v) is 1.74. The first-order valence-corrected chi connectivity index (χ1v) is 3.97. The molecule has 0 radical (unpaired) electrons. The van der Waals surface area contributed by atoms with Crippen LogP contribution in [0, 0.1) is 0 Å². The van der Waals surface area contributed by atoms with Gasteiger partial charge in [-0.3, -0.25) is 4.79 Å². The number of aliphatic hydroxyl groups is 1. The Kier molecular flexibility index (Phi) is 2.65. The van der Waals surface area contributed by atoms with Crippen LogP contribution in [0.1, 0.15) is 13.8 Å². The Hall–Kier alpha value is -1.09. The van der Waals surface area contributed by atoms with Crippen LogP contribution in [-0.4, -0.2) is 27.9 Å². The Morgan fingerprint density at radius 3 is 2.75 bits per heavy atom. The van der Waals surface area contributed by atoms with Crippen molar-refractivity contribution in [3.8, 4) is 0 Å². The molecule has 0 spiro atoms. The zero-order valence-corrected chi connectivity index (χ0v) is 7.27. The number of hydrogen-bond acceptors (Lipinski definition) is 3. The zero-order chi connectivity index (χ0) is 9.14. The van der Waals surface area contributed by atoms with Crippen LogP contribution in [0.15, 0.2) is 24.6 Å². The van der Waals surface area contributed by atoms with E-state index >= 15 is 0 Å². The first-order chi connectivity index (χ1) is 5.61. The van der Waals surface area contributed by atoms with Crippen molar-refractivity contribution < 1.29 is 9.90 Å². The van der Waals surface area contributed by atoms with Crippen LogP contribution in [0.4, 0.5) is 0 Å². The fraction of sp³-hybridized carbons (Fsp3) is 0.444. The summed E-state index contributed by atoms with van der Waals surface area (Å²) in [6.07, 6.45) is 5.30. The second-order valence-corrected chi connectivity index (χ2v) is 3.05. The van der Waals surface area contributed by atoms with Gasteiger partial charge in [0.25, 0.3) is 0 Å². The van der Waals surface area contributed by atoms with Crippen molar-refractivity contribution in [2.45, 2.75) is 26.0 Å². The molecule has 1 unspecified atom stereocenters. The summed E-state index contributed by atoms with van der Waals surface area (Å²) in [4.78, 5) is 12.8. The zero-order valence-electron chi connectivity index (χ0n) is 7.27. The summed E-state index contributed by atoms with van der Waals surface area (Å²) in [5.41, 5.74) is 0. The monoisotopic (exact) mass is 167 g/mol. The summed E-state index contributed by atoms with van der Waals surface area (Å²) in [6.45, 7) is 4.02. The van der Waals surface area contributed by atoms with Crippen LogP contribution in [0.3, 0.4) is 0 Å². The first-order valence-electron chi connectivity index (χ1n) is 3.97. The van der Waals surface area contributed by atoms with Gasteiger partial charge in [-0.05, 0) is 19.9 Å². The fourth-order valence-corrected chi connectivity index (χ4v) is 0.928. The molecule has 0 saturated heterocycles. The fourth-order valence-electron chi connectivity index (χ4n) is 0.928. The second-order valence-electron chi connectivity index (χ2n) is 3.05. The third kappa shape index (κ3) is 1.95. The number of hydrogen-bond donors (Lipinski definition) is 1. The maximum atomic E-state index is 11.0. The van der Waals surface area contributed by atoms with Crippen molar-refractivity contribution in [1.29, 1.82) is 0 Å². The standard InChI is InChI=1S/C9H13NO2/c1-7(2)10-5-3-8(11)9(12)4-6-10/h3-8,11H,1-2H3. The Morgan fingerprint density at radius 1 is 1.50 bits per heavy atom. The average molecular weight is 167 g/mol. The quantitative estimate of drug-likeness (QED) is 0.624. The predicted molar refractivity (Wildman–Crippen MR) is 46.3 cm³/mol. The molecule has 0 fully saturated rings. The molecule has 3 nitrogen and oxygen atoms in total. The van der Waals surface area contributed by atoms with Gasteiger partial charge in [0.1, 0.15) is 6.10 Å². The van der Waals surface area contributed by atoms with Gasteiger partial charge in [0.15, 0.2) is 5.78 Å². The van der Waals surface area contributed by atoms with E-state index in [1.54, 1.807) is 12.4 Å². The maximum absolute atomic E-state index is 11.0. The van der Waals surface area contributed by atoms with E-state index in [0.29, 0.717) is 6.04 Å². The lowest BCUT2D eigenvalue weighted by Crippen LogP contribution is -2.18. The topological polar surface area (TPSA) is 40.5 Å². The van der Waals surface area contributed by atoms with E-state index in [1.165, 1.54) is 12.2 Å². The number of aliphatic hydroxyl groups excluding tert-OH is 1. The molecule has 1 N–H and O–H groups in total. The van der Waals surface area contributed by atoms with Gasteiger partial charge in [0.05, 0.1) is 0 Å². The Bertz CT molecular complexity index is 231. The predicted octanol–water partition coefficient (Wildman–Crippen LogP) is 0.668. The highest BCUT2D eigenvalue weighted by Gasteiger charge is 2.12. The lowest BCUT2D eigenvalue weighted by molar-refractivity contribution is -0.120. The summed E-state index contributed by atoms with van der Waals surface area (Å²) in [5, 5.41) is 9.14. The molecule has 0 aromatic rings. The molecule has 12 heavy (non-hydrogen) atoms. The number of nitrogens with zero attached hydrogens (tertiary/aromatic N) is 1. The van der Waals surface area contributed by atoms with E-state index in [-0.39, 0.29) is 5.78 Å². The molecule has 3 heteroatoms. The molecule has 66 valence electrons. The summed E-state index contributed by atoms with van der Waals surface area (Å²) < 4.78 is 0. The first kappa shape index (κ1) is 9.00. The molecule has 0 amide bonds. The van der Waals surface area contributed by atoms with Crippen LogP contribution in [0.2, 0.25) is 0 Å². The molecule has 1 atom stereocenters. The smallest absolute Gasteiger partial charge is 0.189 e. The van der Waals surface area contributed by atoms with E-state index in [4.69, 9.17) is 5.11 Å². The lowest BCUT2D eigenvalue weighted by atomic mass is 10.2. The molecule has 1 aliphatic rings. The van der Waals surface area contributed by atoms with Crippen LogP contribution in [0.25, 0.3) is 0 Å². The number of ketones is 1. The van der Waals surface area contributed by atoms with E-state index in [0.717, 1.165) is 0 Å².